The molecule has 3 aromatic carbocycles. The molecule has 1 heterocycles. The van der Waals surface area contributed by atoms with E-state index in [2.05, 4.69) is 0 Å². The highest BCUT2D eigenvalue weighted by Crippen LogP contribution is 2.39. The maximum atomic E-state index is 12.9. The number of aliphatic hydroxyl groups is 1. The molecular formula is C25H21NO3. The number of nitrogens with zero attached hydrogens (tertiary/aromatic N) is 1. The lowest BCUT2D eigenvalue weighted by Crippen LogP contribution is -2.31. The Kier molecular flexibility index (Phi) is 5.25. The molecule has 1 saturated heterocycles. The molecule has 1 N–H and O–H groups in total. The monoisotopic (exact) mass is 383 g/mol. The van der Waals surface area contributed by atoms with Crippen LogP contribution < -0.4 is 0 Å². The highest BCUT2D eigenvalue weighted by atomic mass is 16.3. The van der Waals surface area contributed by atoms with Crippen molar-refractivity contribution in [2.45, 2.75) is 12.5 Å². The third-order valence-electron chi connectivity index (χ3n) is 5.19. The lowest BCUT2D eigenvalue weighted by Gasteiger charge is -2.25. The number of amides is 1. The van der Waals surface area contributed by atoms with Crippen LogP contribution in [0.3, 0.4) is 0 Å². The van der Waals surface area contributed by atoms with Crippen LogP contribution in [-0.4, -0.2) is 28.2 Å². The van der Waals surface area contributed by atoms with Gasteiger partial charge in [-0.2, -0.15) is 0 Å². The van der Waals surface area contributed by atoms with Crippen molar-refractivity contribution in [2.24, 2.45) is 0 Å². The van der Waals surface area contributed by atoms with Crippen LogP contribution in [-0.2, 0) is 16.0 Å². The lowest BCUT2D eigenvalue weighted by atomic mass is 9.95. The topological polar surface area (TPSA) is 57.6 Å². The number of carbonyl (C=O) groups excluding carboxylic acids is 2. The molecule has 0 radical (unpaired) electrons. The van der Waals surface area contributed by atoms with Gasteiger partial charge in [0.05, 0.1) is 11.6 Å². The Labute approximate surface area is 169 Å². The van der Waals surface area contributed by atoms with E-state index in [1.807, 2.05) is 66.7 Å². The van der Waals surface area contributed by atoms with Crippen molar-refractivity contribution in [1.82, 2.24) is 4.90 Å². The fourth-order valence-corrected chi connectivity index (χ4v) is 3.74. The molecular weight excluding hydrogens is 362 g/mol. The molecule has 0 saturated carbocycles. The highest BCUT2D eigenvalue weighted by Gasteiger charge is 2.45. The molecule has 3 aromatic rings. The summed E-state index contributed by atoms with van der Waals surface area (Å²) in [5, 5.41) is 10.9. The molecule has 0 aliphatic carbocycles. The summed E-state index contributed by atoms with van der Waals surface area (Å²) in [5.41, 5.74) is 2.55. The molecule has 29 heavy (non-hydrogen) atoms. The summed E-state index contributed by atoms with van der Waals surface area (Å²) < 4.78 is 0. The summed E-state index contributed by atoms with van der Waals surface area (Å²) in [6.07, 6.45) is 0.628. The van der Waals surface area contributed by atoms with Crippen molar-refractivity contribution < 1.29 is 14.7 Å². The Morgan fingerprint density at radius 2 is 1.34 bits per heavy atom. The zero-order valence-corrected chi connectivity index (χ0v) is 15.9. The first kappa shape index (κ1) is 18.7. The zero-order chi connectivity index (χ0) is 20.2. The van der Waals surface area contributed by atoms with Crippen LogP contribution in [0.25, 0.3) is 5.76 Å². The Balaban J connectivity index is 1.76. The van der Waals surface area contributed by atoms with Crippen LogP contribution in [0.15, 0.2) is 96.6 Å². The van der Waals surface area contributed by atoms with Gasteiger partial charge in [0.2, 0.25) is 0 Å². The summed E-state index contributed by atoms with van der Waals surface area (Å²) in [4.78, 5) is 27.4. The summed E-state index contributed by atoms with van der Waals surface area (Å²) in [7, 11) is 0. The number of hydrogen-bond acceptors (Lipinski definition) is 3. The van der Waals surface area contributed by atoms with Gasteiger partial charge in [0, 0.05) is 12.1 Å². The van der Waals surface area contributed by atoms with Gasteiger partial charge in [-0.25, -0.2) is 0 Å². The van der Waals surface area contributed by atoms with E-state index < -0.39 is 17.7 Å². The third-order valence-corrected chi connectivity index (χ3v) is 5.19. The standard InChI is InChI=1S/C25H21NO3/c27-23(20-14-8-3-9-15-20)21-22(19-12-6-2-7-13-19)26(25(29)24(21)28)17-16-18-10-4-1-5-11-18/h1-15,22,27H,16-17H2/t22-/m0/s1. The fourth-order valence-electron chi connectivity index (χ4n) is 3.74. The second-order valence-corrected chi connectivity index (χ2v) is 7.00. The van der Waals surface area contributed by atoms with Gasteiger partial charge in [-0.05, 0) is 17.5 Å². The van der Waals surface area contributed by atoms with E-state index in [1.165, 1.54) is 0 Å². The smallest absolute Gasteiger partial charge is 0.295 e. The number of ketones is 1. The number of aliphatic hydroxyl groups excluding tert-OH is 1. The molecule has 0 bridgehead atoms. The summed E-state index contributed by atoms with van der Waals surface area (Å²) >= 11 is 0. The molecule has 1 fully saturated rings. The van der Waals surface area contributed by atoms with E-state index in [9.17, 15) is 14.7 Å². The summed E-state index contributed by atoms with van der Waals surface area (Å²) in [5.74, 6) is -1.36. The first-order valence-electron chi connectivity index (χ1n) is 9.59. The van der Waals surface area contributed by atoms with Crippen molar-refractivity contribution in [3.05, 3.63) is 113 Å². The minimum absolute atomic E-state index is 0.139. The minimum atomic E-state index is -0.645. The van der Waals surface area contributed by atoms with E-state index in [4.69, 9.17) is 0 Å². The normalized spacial score (nSPS) is 18.2. The SMILES string of the molecule is O=C1C(=O)N(CCc2ccccc2)[C@@H](c2ccccc2)C1=C(O)c1ccccc1. The Hall–Kier alpha value is -3.66. The van der Waals surface area contributed by atoms with Crippen LogP contribution in [0.1, 0.15) is 22.7 Å². The largest absolute Gasteiger partial charge is 0.507 e. The van der Waals surface area contributed by atoms with Crippen LogP contribution in [0.5, 0.6) is 0 Å². The fraction of sp³-hybridized carbons (Fsp3) is 0.120. The molecule has 1 aliphatic heterocycles. The molecule has 4 nitrogen and oxygen atoms in total. The van der Waals surface area contributed by atoms with Gasteiger partial charge in [0.15, 0.2) is 0 Å². The van der Waals surface area contributed by atoms with Crippen molar-refractivity contribution in [3.63, 3.8) is 0 Å². The molecule has 1 amide bonds. The third kappa shape index (κ3) is 3.69. The van der Waals surface area contributed by atoms with Crippen LogP contribution in [0, 0.1) is 0 Å². The van der Waals surface area contributed by atoms with Gasteiger partial charge in [-0.3, -0.25) is 9.59 Å². The minimum Gasteiger partial charge on any atom is -0.507 e. The average Bonchev–Trinajstić information content (AvgIpc) is 3.04. The van der Waals surface area contributed by atoms with Crippen molar-refractivity contribution in [2.75, 3.05) is 6.54 Å². The predicted molar refractivity (Wildman–Crippen MR) is 112 cm³/mol. The lowest BCUT2D eigenvalue weighted by molar-refractivity contribution is -0.139. The van der Waals surface area contributed by atoms with Gasteiger partial charge in [0.25, 0.3) is 11.7 Å². The Bertz CT molecular complexity index is 1040. The van der Waals surface area contributed by atoms with Crippen molar-refractivity contribution in [3.8, 4) is 0 Å². The van der Waals surface area contributed by atoms with Crippen LogP contribution in [0.4, 0.5) is 0 Å². The van der Waals surface area contributed by atoms with Gasteiger partial charge in [-0.15, -0.1) is 0 Å². The summed E-state index contributed by atoms with van der Waals surface area (Å²) in [6, 6.07) is 27.5. The van der Waals surface area contributed by atoms with E-state index >= 15 is 0 Å². The molecule has 1 aliphatic rings. The molecule has 4 rings (SSSR count). The van der Waals surface area contributed by atoms with Crippen molar-refractivity contribution >= 4 is 17.4 Å². The van der Waals surface area contributed by atoms with Crippen molar-refractivity contribution in [1.29, 1.82) is 0 Å². The molecule has 1 atom stereocenters. The second kappa shape index (κ2) is 8.15. The number of carbonyl (C=O) groups is 2. The van der Waals surface area contributed by atoms with Crippen LogP contribution in [0.2, 0.25) is 0 Å². The second-order valence-electron chi connectivity index (χ2n) is 7.00. The number of rotatable bonds is 5. The maximum Gasteiger partial charge on any atom is 0.295 e. The van der Waals surface area contributed by atoms with E-state index in [0.29, 0.717) is 18.5 Å². The molecule has 0 aromatic heterocycles. The summed E-state index contributed by atoms with van der Waals surface area (Å²) in [6.45, 7) is 0.389. The Morgan fingerprint density at radius 3 is 1.97 bits per heavy atom. The van der Waals surface area contributed by atoms with Gasteiger partial charge < -0.3 is 10.0 Å². The number of hydrogen-bond donors (Lipinski definition) is 1. The Morgan fingerprint density at radius 1 is 0.793 bits per heavy atom. The molecule has 144 valence electrons. The van der Waals surface area contributed by atoms with Gasteiger partial charge in [-0.1, -0.05) is 91.0 Å². The quantitative estimate of drug-likeness (QED) is 0.405. The zero-order valence-electron chi connectivity index (χ0n) is 15.9. The predicted octanol–water partition coefficient (Wildman–Crippen LogP) is 4.35. The molecule has 0 unspecified atom stereocenters. The highest BCUT2D eigenvalue weighted by molar-refractivity contribution is 6.46. The number of likely N-dealkylation sites (tertiary alicyclic amines) is 1. The first-order valence-corrected chi connectivity index (χ1v) is 9.59. The first-order chi connectivity index (χ1) is 14.2. The number of benzene rings is 3. The van der Waals surface area contributed by atoms with Gasteiger partial charge in [0.1, 0.15) is 5.76 Å². The van der Waals surface area contributed by atoms with E-state index in [-0.39, 0.29) is 11.3 Å². The van der Waals surface area contributed by atoms with Gasteiger partial charge >= 0.3 is 0 Å². The van der Waals surface area contributed by atoms with Crippen LogP contribution >= 0.6 is 0 Å². The molecule has 0 spiro atoms. The maximum absolute atomic E-state index is 12.9. The number of Topliss-reactive ketones (excluding diaryl/α,β-unsaturated/α-hetero) is 1. The average molecular weight is 383 g/mol. The van der Waals surface area contributed by atoms with E-state index in [1.54, 1.807) is 29.2 Å². The molecule has 4 heteroatoms. The van der Waals surface area contributed by atoms with E-state index in [0.717, 1.165) is 11.1 Å².